The van der Waals surface area contributed by atoms with E-state index in [1.807, 2.05) is 6.07 Å². The summed E-state index contributed by atoms with van der Waals surface area (Å²) in [5.41, 5.74) is 2.78. The lowest BCUT2D eigenvalue weighted by atomic mass is 9.93. The number of carbonyl (C=O) groups excluding carboxylic acids is 1. The molecule has 0 atom stereocenters. The molecule has 0 unspecified atom stereocenters. The summed E-state index contributed by atoms with van der Waals surface area (Å²) in [6.45, 7) is 6.45. The SMILES string of the molecule is CC(C)(C)c1csc(Cc2ccc(C=O)cc2Cl)n1. The predicted octanol–water partition coefficient (Wildman–Crippen LogP) is 4.50. The molecule has 0 amide bonds. The van der Waals surface area contributed by atoms with E-state index in [9.17, 15) is 4.79 Å². The van der Waals surface area contributed by atoms with Crippen LogP contribution in [0, 0.1) is 0 Å². The molecule has 1 aromatic carbocycles. The fourth-order valence-corrected chi connectivity index (χ4v) is 2.98. The molecule has 0 bridgehead atoms. The molecule has 1 heterocycles. The number of aromatic nitrogens is 1. The largest absolute Gasteiger partial charge is 0.298 e. The number of hydrogen-bond donors (Lipinski definition) is 0. The average Bonchev–Trinajstić information content (AvgIpc) is 2.80. The van der Waals surface area contributed by atoms with Crippen LogP contribution in [-0.2, 0) is 11.8 Å². The maximum atomic E-state index is 10.7. The third-order valence-corrected chi connectivity index (χ3v) is 4.08. The Morgan fingerprint density at radius 2 is 2.11 bits per heavy atom. The van der Waals surface area contributed by atoms with Crippen molar-refractivity contribution in [2.45, 2.75) is 32.6 Å². The molecule has 19 heavy (non-hydrogen) atoms. The molecule has 0 saturated carbocycles. The van der Waals surface area contributed by atoms with Crippen LogP contribution in [0.1, 0.15) is 47.4 Å². The first kappa shape index (κ1) is 14.2. The van der Waals surface area contributed by atoms with E-state index >= 15 is 0 Å². The minimum absolute atomic E-state index is 0.0694. The van der Waals surface area contributed by atoms with E-state index in [0.717, 1.165) is 22.6 Å². The maximum Gasteiger partial charge on any atom is 0.150 e. The summed E-state index contributed by atoms with van der Waals surface area (Å²) in [5.74, 6) is 0. The molecule has 0 saturated heterocycles. The number of halogens is 1. The summed E-state index contributed by atoms with van der Waals surface area (Å²) in [7, 11) is 0. The standard InChI is InChI=1S/C15H16ClNOS/c1-15(2,3)13-9-19-14(17-13)7-11-5-4-10(8-18)6-12(11)16/h4-6,8-9H,7H2,1-3H3. The zero-order valence-corrected chi connectivity index (χ0v) is 12.8. The third-order valence-electron chi connectivity index (χ3n) is 2.88. The second kappa shape index (κ2) is 5.43. The quantitative estimate of drug-likeness (QED) is 0.780. The van der Waals surface area contributed by atoms with Crippen LogP contribution in [0.5, 0.6) is 0 Å². The van der Waals surface area contributed by atoms with Gasteiger partial charge in [-0.1, -0.05) is 44.5 Å². The molecular weight excluding hydrogens is 278 g/mol. The van der Waals surface area contributed by atoms with Crippen molar-refractivity contribution in [2.24, 2.45) is 0 Å². The highest BCUT2D eigenvalue weighted by Gasteiger charge is 2.17. The Labute approximate surface area is 122 Å². The van der Waals surface area contributed by atoms with Crippen molar-refractivity contribution >= 4 is 29.2 Å². The Bertz CT molecular complexity index is 598. The summed E-state index contributed by atoms with van der Waals surface area (Å²) in [6, 6.07) is 5.37. The Morgan fingerprint density at radius 3 is 2.63 bits per heavy atom. The Kier molecular flexibility index (Phi) is 4.07. The highest BCUT2D eigenvalue weighted by molar-refractivity contribution is 7.09. The van der Waals surface area contributed by atoms with E-state index in [0.29, 0.717) is 17.0 Å². The van der Waals surface area contributed by atoms with Gasteiger partial charge in [0.05, 0.1) is 10.7 Å². The van der Waals surface area contributed by atoms with Crippen LogP contribution in [0.4, 0.5) is 0 Å². The molecule has 2 aromatic rings. The molecule has 0 aliphatic carbocycles. The van der Waals surface area contributed by atoms with Gasteiger partial charge in [0, 0.05) is 27.8 Å². The van der Waals surface area contributed by atoms with Gasteiger partial charge in [-0.2, -0.15) is 0 Å². The minimum Gasteiger partial charge on any atom is -0.298 e. The van der Waals surface area contributed by atoms with Gasteiger partial charge in [-0.25, -0.2) is 4.98 Å². The van der Waals surface area contributed by atoms with E-state index < -0.39 is 0 Å². The highest BCUT2D eigenvalue weighted by Crippen LogP contribution is 2.27. The Morgan fingerprint density at radius 1 is 1.37 bits per heavy atom. The number of rotatable bonds is 3. The minimum atomic E-state index is 0.0694. The van der Waals surface area contributed by atoms with Gasteiger partial charge in [-0.3, -0.25) is 4.79 Å². The highest BCUT2D eigenvalue weighted by atomic mass is 35.5. The van der Waals surface area contributed by atoms with Crippen LogP contribution < -0.4 is 0 Å². The molecule has 0 radical (unpaired) electrons. The maximum absolute atomic E-state index is 10.7. The first-order chi connectivity index (χ1) is 8.90. The third kappa shape index (κ3) is 3.43. The zero-order valence-electron chi connectivity index (χ0n) is 11.2. The number of thiazole rings is 1. The van der Waals surface area contributed by atoms with Crippen LogP contribution in [0.2, 0.25) is 5.02 Å². The summed E-state index contributed by atoms with van der Waals surface area (Å²) in [6.07, 6.45) is 1.51. The lowest BCUT2D eigenvalue weighted by molar-refractivity contribution is 0.112. The number of benzene rings is 1. The molecule has 1 aromatic heterocycles. The molecule has 0 aliphatic heterocycles. The lowest BCUT2D eigenvalue weighted by Crippen LogP contribution is -2.11. The molecule has 100 valence electrons. The molecule has 0 N–H and O–H groups in total. The molecule has 2 rings (SSSR count). The van der Waals surface area contributed by atoms with Crippen LogP contribution in [0.15, 0.2) is 23.6 Å². The fraction of sp³-hybridized carbons (Fsp3) is 0.333. The van der Waals surface area contributed by atoms with Gasteiger partial charge in [0.25, 0.3) is 0 Å². The summed E-state index contributed by atoms with van der Waals surface area (Å²) in [4.78, 5) is 15.3. The van der Waals surface area contributed by atoms with E-state index in [4.69, 9.17) is 11.6 Å². The number of carbonyl (C=O) groups is 1. The van der Waals surface area contributed by atoms with Crippen molar-refractivity contribution in [3.63, 3.8) is 0 Å². The Balaban J connectivity index is 2.22. The Hall–Kier alpha value is -1.19. The van der Waals surface area contributed by atoms with Crippen molar-refractivity contribution < 1.29 is 4.79 Å². The van der Waals surface area contributed by atoms with Gasteiger partial charge < -0.3 is 0 Å². The second-order valence-electron chi connectivity index (χ2n) is 5.52. The van der Waals surface area contributed by atoms with Crippen molar-refractivity contribution in [1.29, 1.82) is 0 Å². The molecule has 0 fully saturated rings. The van der Waals surface area contributed by atoms with E-state index in [1.165, 1.54) is 0 Å². The van der Waals surface area contributed by atoms with Crippen molar-refractivity contribution in [1.82, 2.24) is 4.98 Å². The van der Waals surface area contributed by atoms with Gasteiger partial charge in [-0.05, 0) is 11.6 Å². The second-order valence-corrected chi connectivity index (χ2v) is 6.87. The number of hydrogen-bond acceptors (Lipinski definition) is 3. The van der Waals surface area contributed by atoms with Gasteiger partial charge in [-0.15, -0.1) is 11.3 Å². The molecule has 0 aliphatic rings. The van der Waals surface area contributed by atoms with Crippen LogP contribution in [-0.4, -0.2) is 11.3 Å². The molecule has 0 spiro atoms. The lowest BCUT2D eigenvalue weighted by Gasteiger charge is -2.14. The summed E-state index contributed by atoms with van der Waals surface area (Å²) in [5, 5.41) is 3.77. The normalized spacial score (nSPS) is 11.6. The monoisotopic (exact) mass is 293 g/mol. The van der Waals surface area contributed by atoms with Crippen LogP contribution in [0.3, 0.4) is 0 Å². The number of aldehydes is 1. The van der Waals surface area contributed by atoms with Gasteiger partial charge >= 0.3 is 0 Å². The van der Waals surface area contributed by atoms with E-state index in [2.05, 4.69) is 31.1 Å². The first-order valence-corrected chi connectivity index (χ1v) is 7.34. The van der Waals surface area contributed by atoms with Crippen molar-refractivity contribution in [3.05, 3.63) is 50.4 Å². The predicted molar refractivity (Wildman–Crippen MR) is 80.5 cm³/mol. The number of nitrogens with zero attached hydrogens (tertiary/aromatic N) is 1. The van der Waals surface area contributed by atoms with E-state index in [-0.39, 0.29) is 5.41 Å². The molecular formula is C15H16ClNOS. The summed E-state index contributed by atoms with van der Waals surface area (Å²) >= 11 is 7.82. The van der Waals surface area contributed by atoms with Crippen LogP contribution >= 0.6 is 22.9 Å². The van der Waals surface area contributed by atoms with Crippen LogP contribution in [0.25, 0.3) is 0 Å². The van der Waals surface area contributed by atoms with E-state index in [1.54, 1.807) is 23.5 Å². The fourth-order valence-electron chi connectivity index (χ4n) is 1.68. The zero-order chi connectivity index (χ0) is 14.0. The average molecular weight is 294 g/mol. The topological polar surface area (TPSA) is 30.0 Å². The van der Waals surface area contributed by atoms with Crippen molar-refractivity contribution in [2.75, 3.05) is 0 Å². The van der Waals surface area contributed by atoms with Gasteiger partial charge in [0.2, 0.25) is 0 Å². The first-order valence-electron chi connectivity index (χ1n) is 6.08. The molecule has 2 nitrogen and oxygen atoms in total. The summed E-state index contributed by atoms with van der Waals surface area (Å²) < 4.78 is 0. The van der Waals surface area contributed by atoms with Crippen molar-refractivity contribution in [3.8, 4) is 0 Å². The van der Waals surface area contributed by atoms with Gasteiger partial charge in [0.15, 0.2) is 0 Å². The smallest absolute Gasteiger partial charge is 0.150 e. The van der Waals surface area contributed by atoms with Gasteiger partial charge in [0.1, 0.15) is 6.29 Å². The molecule has 4 heteroatoms.